The Hall–Kier alpha value is -2.99. The highest BCUT2D eigenvalue weighted by Crippen LogP contribution is 2.44. The Morgan fingerprint density at radius 3 is 2.58 bits per heavy atom. The number of nitrogens with zero attached hydrogens (tertiary/aromatic N) is 2. The summed E-state index contributed by atoms with van der Waals surface area (Å²) in [6.45, 7) is 0.303. The average Bonchev–Trinajstić information content (AvgIpc) is 3.19. The molecule has 1 atom stereocenters. The van der Waals surface area contributed by atoms with Crippen LogP contribution in [-0.2, 0) is 16.6 Å². The lowest BCUT2D eigenvalue weighted by Crippen LogP contribution is -2.51. The lowest BCUT2D eigenvalue weighted by molar-refractivity contribution is -0.130. The van der Waals surface area contributed by atoms with Gasteiger partial charge >= 0.3 is 0 Å². The predicted octanol–water partition coefficient (Wildman–Crippen LogP) is 4.48. The fourth-order valence-corrected chi connectivity index (χ4v) is 4.54. The average molecular weight is 438 g/mol. The quantitative estimate of drug-likeness (QED) is 0.639. The number of halogens is 2. The van der Waals surface area contributed by atoms with Crippen LogP contribution in [0.4, 0.5) is 4.39 Å². The van der Waals surface area contributed by atoms with Crippen LogP contribution in [-0.4, -0.2) is 28.5 Å². The molecule has 0 radical (unpaired) electrons. The molecule has 3 aromatic rings. The van der Waals surface area contributed by atoms with Crippen LogP contribution in [0.3, 0.4) is 0 Å². The van der Waals surface area contributed by atoms with E-state index in [0.29, 0.717) is 40.7 Å². The summed E-state index contributed by atoms with van der Waals surface area (Å²) in [5.74, 6) is 0.606. The fraction of sp³-hybridized carbons (Fsp3) is 0.292. The van der Waals surface area contributed by atoms with Crippen molar-refractivity contribution in [1.82, 2.24) is 15.3 Å². The predicted molar refractivity (Wildman–Crippen MR) is 116 cm³/mol. The molecule has 5 rings (SSSR count). The van der Waals surface area contributed by atoms with E-state index in [9.17, 15) is 9.18 Å². The summed E-state index contributed by atoms with van der Waals surface area (Å²) in [5.41, 5.74) is 1.61. The SMILES string of the molecule is O=C(NCC1Cc2c(F)ccc(-c3ncccn3)c2O1)C1(c2ccc(Cl)cc2)CCC1. The van der Waals surface area contributed by atoms with Crippen LogP contribution in [0.25, 0.3) is 11.4 Å². The summed E-state index contributed by atoms with van der Waals surface area (Å²) in [6, 6.07) is 12.2. The van der Waals surface area contributed by atoms with Gasteiger partial charge in [-0.15, -0.1) is 0 Å². The van der Waals surface area contributed by atoms with Gasteiger partial charge in [0.25, 0.3) is 0 Å². The van der Waals surface area contributed by atoms with Gasteiger partial charge in [-0.2, -0.15) is 0 Å². The van der Waals surface area contributed by atoms with Crippen molar-refractivity contribution >= 4 is 17.5 Å². The molecule has 2 aromatic carbocycles. The number of amides is 1. The monoisotopic (exact) mass is 437 g/mol. The third-order valence-corrected chi connectivity index (χ3v) is 6.51. The number of hydrogen-bond donors (Lipinski definition) is 1. The zero-order valence-electron chi connectivity index (χ0n) is 16.8. The minimum atomic E-state index is -0.523. The molecule has 0 bridgehead atoms. The van der Waals surface area contributed by atoms with Crippen LogP contribution in [0.2, 0.25) is 5.02 Å². The van der Waals surface area contributed by atoms with Gasteiger partial charge in [0.15, 0.2) is 5.82 Å². The molecule has 1 aliphatic heterocycles. The van der Waals surface area contributed by atoms with Crippen LogP contribution in [0.15, 0.2) is 54.9 Å². The maximum atomic E-state index is 14.4. The lowest BCUT2D eigenvalue weighted by atomic mass is 9.64. The molecule has 0 saturated heterocycles. The van der Waals surface area contributed by atoms with Crippen molar-refractivity contribution in [2.45, 2.75) is 37.2 Å². The number of fused-ring (bicyclic) bond motifs is 1. The fourth-order valence-electron chi connectivity index (χ4n) is 4.41. The van der Waals surface area contributed by atoms with Crippen molar-refractivity contribution < 1.29 is 13.9 Å². The molecule has 1 N–H and O–H groups in total. The highest BCUT2D eigenvalue weighted by Gasteiger charge is 2.45. The van der Waals surface area contributed by atoms with Crippen molar-refractivity contribution in [2.75, 3.05) is 6.54 Å². The molecule has 1 fully saturated rings. The molecule has 1 aromatic heterocycles. The molecule has 2 heterocycles. The Morgan fingerprint density at radius 1 is 1.16 bits per heavy atom. The summed E-state index contributed by atoms with van der Waals surface area (Å²) in [7, 11) is 0. The van der Waals surface area contributed by atoms with Gasteiger partial charge in [0, 0.05) is 29.4 Å². The van der Waals surface area contributed by atoms with Gasteiger partial charge in [-0.05, 0) is 48.7 Å². The van der Waals surface area contributed by atoms with Gasteiger partial charge in [0.1, 0.15) is 17.7 Å². The van der Waals surface area contributed by atoms with Gasteiger partial charge in [-0.25, -0.2) is 14.4 Å². The van der Waals surface area contributed by atoms with E-state index in [0.717, 1.165) is 24.8 Å². The van der Waals surface area contributed by atoms with Gasteiger partial charge in [-0.3, -0.25) is 4.79 Å². The minimum absolute atomic E-state index is 0.0206. The third-order valence-electron chi connectivity index (χ3n) is 6.26. The maximum absolute atomic E-state index is 14.4. The standard InChI is InChI=1S/C24H21ClFN3O2/c25-16-5-3-15(4-6-16)24(9-1-10-24)23(30)29-14-17-13-19-20(26)8-7-18(21(19)31-17)22-27-11-2-12-28-22/h2-8,11-12,17H,1,9-10,13-14H2,(H,29,30). The molecule has 1 saturated carbocycles. The zero-order chi connectivity index (χ0) is 21.4. The number of rotatable bonds is 5. The molecule has 1 aliphatic carbocycles. The molecule has 158 valence electrons. The van der Waals surface area contributed by atoms with E-state index < -0.39 is 5.41 Å². The van der Waals surface area contributed by atoms with Crippen LogP contribution < -0.4 is 10.1 Å². The molecule has 5 nitrogen and oxygen atoms in total. The number of carbonyl (C=O) groups excluding carboxylic acids is 1. The van der Waals surface area contributed by atoms with E-state index in [4.69, 9.17) is 16.3 Å². The Kier molecular flexibility index (Phi) is 5.10. The van der Waals surface area contributed by atoms with Gasteiger partial charge in [0.2, 0.25) is 5.91 Å². The summed E-state index contributed by atoms with van der Waals surface area (Å²) in [4.78, 5) is 21.6. The minimum Gasteiger partial charge on any atom is -0.487 e. The molecule has 2 aliphatic rings. The molecule has 1 unspecified atom stereocenters. The van der Waals surface area contributed by atoms with E-state index in [2.05, 4.69) is 15.3 Å². The maximum Gasteiger partial charge on any atom is 0.230 e. The first-order chi connectivity index (χ1) is 15.1. The number of carbonyl (C=O) groups is 1. The van der Waals surface area contributed by atoms with E-state index >= 15 is 0 Å². The van der Waals surface area contributed by atoms with Crippen molar-refractivity contribution in [2.24, 2.45) is 0 Å². The molecule has 31 heavy (non-hydrogen) atoms. The number of ether oxygens (including phenoxy) is 1. The largest absolute Gasteiger partial charge is 0.487 e. The van der Waals surface area contributed by atoms with Crippen molar-refractivity contribution in [3.8, 4) is 17.1 Å². The van der Waals surface area contributed by atoms with Crippen molar-refractivity contribution in [3.63, 3.8) is 0 Å². The van der Waals surface area contributed by atoms with Crippen LogP contribution >= 0.6 is 11.6 Å². The van der Waals surface area contributed by atoms with E-state index in [1.165, 1.54) is 6.07 Å². The molecule has 0 spiro atoms. The normalized spacial score (nSPS) is 18.6. The smallest absolute Gasteiger partial charge is 0.230 e. The number of aromatic nitrogens is 2. The van der Waals surface area contributed by atoms with Crippen LogP contribution in [0.5, 0.6) is 5.75 Å². The van der Waals surface area contributed by atoms with Gasteiger partial charge in [0.05, 0.1) is 17.5 Å². The van der Waals surface area contributed by atoms with Gasteiger partial charge < -0.3 is 10.1 Å². The summed E-state index contributed by atoms with van der Waals surface area (Å²) >= 11 is 6.01. The highest BCUT2D eigenvalue weighted by atomic mass is 35.5. The second-order valence-electron chi connectivity index (χ2n) is 8.07. The molecular formula is C24H21ClFN3O2. The first-order valence-corrected chi connectivity index (χ1v) is 10.7. The van der Waals surface area contributed by atoms with E-state index in [1.807, 2.05) is 24.3 Å². The highest BCUT2D eigenvalue weighted by molar-refractivity contribution is 6.30. The second kappa shape index (κ2) is 7.93. The summed E-state index contributed by atoms with van der Waals surface area (Å²) in [6.07, 6.45) is 5.93. The number of nitrogens with one attached hydrogen (secondary N) is 1. The Labute approximate surface area is 184 Å². The summed E-state index contributed by atoms with van der Waals surface area (Å²) < 4.78 is 20.5. The molecule has 7 heteroatoms. The first kappa shape index (κ1) is 19.9. The Bertz CT molecular complexity index is 1120. The molecule has 1 amide bonds. The Balaban J connectivity index is 1.31. The zero-order valence-corrected chi connectivity index (χ0v) is 17.5. The van der Waals surface area contributed by atoms with E-state index in [1.54, 1.807) is 24.5 Å². The number of hydrogen-bond acceptors (Lipinski definition) is 4. The summed E-state index contributed by atoms with van der Waals surface area (Å²) in [5, 5.41) is 3.69. The number of benzene rings is 2. The first-order valence-electron chi connectivity index (χ1n) is 10.4. The third kappa shape index (κ3) is 3.55. The van der Waals surface area contributed by atoms with Crippen LogP contribution in [0, 0.1) is 5.82 Å². The van der Waals surface area contributed by atoms with Crippen molar-refractivity contribution in [3.05, 3.63) is 76.8 Å². The topological polar surface area (TPSA) is 64.1 Å². The van der Waals surface area contributed by atoms with Crippen molar-refractivity contribution in [1.29, 1.82) is 0 Å². The van der Waals surface area contributed by atoms with Crippen LogP contribution in [0.1, 0.15) is 30.4 Å². The van der Waals surface area contributed by atoms with E-state index in [-0.39, 0.29) is 17.8 Å². The Morgan fingerprint density at radius 2 is 1.90 bits per heavy atom. The molecular weight excluding hydrogens is 417 g/mol. The van der Waals surface area contributed by atoms with Gasteiger partial charge in [-0.1, -0.05) is 30.2 Å². The second-order valence-corrected chi connectivity index (χ2v) is 8.51. The lowest BCUT2D eigenvalue weighted by Gasteiger charge is -2.41.